The fourth-order valence-electron chi connectivity index (χ4n) is 2.60. The van der Waals surface area contributed by atoms with Crippen LogP contribution >= 0.6 is 0 Å². The molecule has 0 fully saturated rings. The summed E-state index contributed by atoms with van der Waals surface area (Å²) in [6.45, 7) is 2.02. The van der Waals surface area contributed by atoms with Gasteiger partial charge in [-0.05, 0) is 23.5 Å². The zero-order chi connectivity index (χ0) is 16.7. The number of carboxylic acid groups (broad SMARTS) is 1. The van der Waals surface area contributed by atoms with Crippen molar-refractivity contribution in [2.75, 3.05) is 0 Å². The van der Waals surface area contributed by atoms with E-state index in [2.05, 4.69) is 5.32 Å². The van der Waals surface area contributed by atoms with Gasteiger partial charge in [-0.15, -0.1) is 0 Å². The summed E-state index contributed by atoms with van der Waals surface area (Å²) in [5.74, 6) is -1.23. The van der Waals surface area contributed by atoms with E-state index in [0.717, 1.165) is 12.0 Å². The number of hydrogen-bond acceptors (Lipinski definition) is 2. The summed E-state index contributed by atoms with van der Waals surface area (Å²) in [5, 5.41) is 12.0. The third-order valence-corrected chi connectivity index (χ3v) is 3.88. The molecule has 0 saturated heterocycles. The minimum atomic E-state index is -1.06. The van der Waals surface area contributed by atoms with Gasteiger partial charge in [0.2, 0.25) is 5.91 Å². The molecule has 23 heavy (non-hydrogen) atoms. The standard InChI is InChI=1S/C19H21NO3/c1-2-14(15-9-5-3-6-10-15)13-17(21)20-18(19(22)23)16-11-7-4-8-12-16/h3-12,14,18H,2,13H2,1H3,(H,20,21)(H,22,23)/t14?,18-/m1/s1. The van der Waals surface area contributed by atoms with Gasteiger partial charge in [-0.2, -0.15) is 0 Å². The number of carbonyl (C=O) groups excluding carboxylic acids is 1. The van der Waals surface area contributed by atoms with E-state index in [-0.39, 0.29) is 18.2 Å². The Labute approximate surface area is 136 Å². The minimum Gasteiger partial charge on any atom is -0.479 e. The first-order valence-electron chi connectivity index (χ1n) is 7.74. The van der Waals surface area contributed by atoms with Crippen LogP contribution in [-0.2, 0) is 9.59 Å². The maximum Gasteiger partial charge on any atom is 0.330 e. The van der Waals surface area contributed by atoms with Gasteiger partial charge in [0.1, 0.15) is 0 Å². The molecule has 4 nitrogen and oxygen atoms in total. The zero-order valence-corrected chi connectivity index (χ0v) is 13.1. The third kappa shape index (κ3) is 4.68. The van der Waals surface area contributed by atoms with Crippen molar-refractivity contribution < 1.29 is 14.7 Å². The summed E-state index contributed by atoms with van der Waals surface area (Å²) in [5.41, 5.74) is 1.66. The topological polar surface area (TPSA) is 66.4 Å². The maximum absolute atomic E-state index is 12.3. The van der Waals surface area contributed by atoms with Gasteiger partial charge in [0, 0.05) is 6.42 Å². The first kappa shape index (κ1) is 16.7. The molecule has 0 heterocycles. The Morgan fingerprint density at radius 3 is 1.96 bits per heavy atom. The number of aliphatic carboxylic acids is 1. The van der Waals surface area contributed by atoms with Gasteiger partial charge in [0.15, 0.2) is 6.04 Å². The lowest BCUT2D eigenvalue weighted by Gasteiger charge is -2.18. The highest BCUT2D eigenvalue weighted by atomic mass is 16.4. The van der Waals surface area contributed by atoms with Crippen LogP contribution in [0.4, 0.5) is 0 Å². The first-order chi connectivity index (χ1) is 11.1. The van der Waals surface area contributed by atoms with Crippen LogP contribution < -0.4 is 5.32 Å². The van der Waals surface area contributed by atoms with Crippen molar-refractivity contribution in [3.63, 3.8) is 0 Å². The van der Waals surface area contributed by atoms with E-state index in [1.807, 2.05) is 43.3 Å². The fraction of sp³-hybridized carbons (Fsp3) is 0.263. The van der Waals surface area contributed by atoms with Crippen LogP contribution in [0.3, 0.4) is 0 Å². The van der Waals surface area contributed by atoms with Crippen molar-refractivity contribution in [2.24, 2.45) is 0 Å². The normalized spacial score (nSPS) is 13.1. The Morgan fingerprint density at radius 1 is 0.957 bits per heavy atom. The van der Waals surface area contributed by atoms with E-state index in [1.165, 1.54) is 0 Å². The summed E-state index contributed by atoms with van der Waals surface area (Å²) in [4.78, 5) is 23.7. The lowest BCUT2D eigenvalue weighted by Crippen LogP contribution is -2.34. The van der Waals surface area contributed by atoms with E-state index >= 15 is 0 Å². The molecule has 2 aromatic carbocycles. The molecule has 0 aliphatic heterocycles. The minimum absolute atomic E-state index is 0.0846. The second-order valence-electron chi connectivity index (χ2n) is 5.47. The fourth-order valence-corrected chi connectivity index (χ4v) is 2.60. The number of nitrogens with one attached hydrogen (secondary N) is 1. The zero-order valence-electron chi connectivity index (χ0n) is 13.1. The number of benzene rings is 2. The molecular weight excluding hydrogens is 290 g/mol. The molecule has 1 unspecified atom stereocenters. The average Bonchev–Trinajstić information content (AvgIpc) is 2.59. The summed E-state index contributed by atoms with van der Waals surface area (Å²) >= 11 is 0. The van der Waals surface area contributed by atoms with Crippen molar-refractivity contribution in [1.29, 1.82) is 0 Å². The summed E-state index contributed by atoms with van der Waals surface area (Å²) < 4.78 is 0. The summed E-state index contributed by atoms with van der Waals surface area (Å²) in [6.07, 6.45) is 1.09. The monoisotopic (exact) mass is 311 g/mol. The Hall–Kier alpha value is -2.62. The number of amides is 1. The molecular formula is C19H21NO3. The molecule has 0 aliphatic carbocycles. The molecule has 2 aromatic rings. The molecule has 0 saturated carbocycles. The Kier molecular flexibility index (Phi) is 5.92. The number of carbonyl (C=O) groups is 2. The van der Waals surface area contributed by atoms with Crippen molar-refractivity contribution in [3.8, 4) is 0 Å². The SMILES string of the molecule is CCC(CC(=O)N[C@@H](C(=O)O)c1ccccc1)c1ccccc1. The van der Waals surface area contributed by atoms with Gasteiger partial charge < -0.3 is 10.4 Å². The van der Waals surface area contributed by atoms with E-state index in [0.29, 0.717) is 5.56 Å². The molecule has 120 valence electrons. The van der Waals surface area contributed by atoms with E-state index in [9.17, 15) is 14.7 Å². The molecule has 2 N–H and O–H groups in total. The molecule has 2 atom stereocenters. The van der Waals surface area contributed by atoms with E-state index < -0.39 is 12.0 Å². The Balaban J connectivity index is 2.06. The first-order valence-corrected chi connectivity index (χ1v) is 7.74. The van der Waals surface area contributed by atoms with E-state index in [1.54, 1.807) is 24.3 Å². The molecule has 0 aromatic heterocycles. The lowest BCUT2D eigenvalue weighted by atomic mass is 9.93. The van der Waals surface area contributed by atoms with Crippen molar-refractivity contribution in [1.82, 2.24) is 5.32 Å². The van der Waals surface area contributed by atoms with Crippen molar-refractivity contribution >= 4 is 11.9 Å². The average molecular weight is 311 g/mol. The van der Waals surface area contributed by atoms with Gasteiger partial charge in [-0.3, -0.25) is 4.79 Å². The quantitative estimate of drug-likeness (QED) is 0.822. The van der Waals surface area contributed by atoms with Crippen LogP contribution in [0.1, 0.15) is 42.9 Å². The van der Waals surface area contributed by atoms with Crippen LogP contribution in [0.5, 0.6) is 0 Å². The number of rotatable bonds is 7. The number of carboxylic acids is 1. The second kappa shape index (κ2) is 8.13. The van der Waals surface area contributed by atoms with Crippen LogP contribution in [0.25, 0.3) is 0 Å². The Bertz CT molecular complexity index is 640. The molecule has 0 spiro atoms. The Morgan fingerprint density at radius 2 is 1.48 bits per heavy atom. The summed E-state index contributed by atoms with van der Waals surface area (Å²) in [7, 11) is 0. The highest BCUT2D eigenvalue weighted by Crippen LogP contribution is 2.23. The highest BCUT2D eigenvalue weighted by molar-refractivity contribution is 5.84. The predicted octanol–water partition coefficient (Wildman–Crippen LogP) is 3.51. The largest absolute Gasteiger partial charge is 0.479 e. The van der Waals surface area contributed by atoms with Gasteiger partial charge in [-0.1, -0.05) is 67.6 Å². The molecule has 0 bridgehead atoms. The van der Waals surface area contributed by atoms with E-state index in [4.69, 9.17) is 0 Å². The third-order valence-electron chi connectivity index (χ3n) is 3.88. The van der Waals surface area contributed by atoms with Crippen molar-refractivity contribution in [3.05, 3.63) is 71.8 Å². The smallest absolute Gasteiger partial charge is 0.330 e. The predicted molar refractivity (Wildman–Crippen MR) is 89.1 cm³/mol. The molecule has 4 heteroatoms. The molecule has 0 radical (unpaired) electrons. The molecule has 2 rings (SSSR count). The van der Waals surface area contributed by atoms with Gasteiger partial charge in [0.25, 0.3) is 0 Å². The van der Waals surface area contributed by atoms with Gasteiger partial charge >= 0.3 is 5.97 Å². The van der Waals surface area contributed by atoms with Crippen LogP contribution in [0, 0.1) is 0 Å². The highest BCUT2D eigenvalue weighted by Gasteiger charge is 2.23. The van der Waals surface area contributed by atoms with Crippen molar-refractivity contribution in [2.45, 2.75) is 31.7 Å². The molecule has 1 amide bonds. The lowest BCUT2D eigenvalue weighted by molar-refractivity contribution is -0.142. The second-order valence-corrected chi connectivity index (χ2v) is 5.47. The van der Waals surface area contributed by atoms with Crippen LogP contribution in [0.15, 0.2) is 60.7 Å². The van der Waals surface area contributed by atoms with Gasteiger partial charge in [-0.25, -0.2) is 4.79 Å². The van der Waals surface area contributed by atoms with Crippen LogP contribution in [0.2, 0.25) is 0 Å². The molecule has 0 aliphatic rings. The van der Waals surface area contributed by atoms with Gasteiger partial charge in [0.05, 0.1) is 0 Å². The maximum atomic E-state index is 12.3. The van der Waals surface area contributed by atoms with Crippen LogP contribution in [-0.4, -0.2) is 17.0 Å². The number of hydrogen-bond donors (Lipinski definition) is 2. The summed E-state index contributed by atoms with van der Waals surface area (Å²) in [6, 6.07) is 17.5.